The number of unbranched alkanes of at least 4 members (excludes halogenated alkanes) is 51. The summed E-state index contributed by atoms with van der Waals surface area (Å²) in [6, 6.07) is -0.854. The van der Waals surface area contributed by atoms with Gasteiger partial charge in [-0.15, -0.1) is 0 Å². The van der Waals surface area contributed by atoms with E-state index in [4.69, 9.17) is 9.47 Å². The molecule has 12 nitrogen and oxygen atoms in total. The first-order valence-corrected chi connectivity index (χ1v) is 36.3. The molecule has 0 spiro atoms. The average molecular weight is 1160 g/mol. The Bertz CT molecular complexity index is 1410. The van der Waals surface area contributed by atoms with E-state index in [2.05, 4.69) is 23.3 Å². The lowest BCUT2D eigenvalue weighted by Crippen LogP contribution is -2.61. The molecule has 0 aromatic carbocycles. The maximum Gasteiger partial charge on any atom is 0.397 e. The molecule has 7 unspecified atom stereocenters. The van der Waals surface area contributed by atoms with Crippen LogP contribution in [0.1, 0.15) is 367 Å². The molecule has 0 aliphatic carbocycles. The van der Waals surface area contributed by atoms with E-state index in [1.54, 1.807) is 0 Å². The summed E-state index contributed by atoms with van der Waals surface area (Å²) in [6.07, 6.45) is 61.4. The molecule has 0 aromatic heterocycles. The van der Waals surface area contributed by atoms with E-state index in [0.29, 0.717) is 12.8 Å². The number of carbonyl (C=O) groups is 1. The van der Waals surface area contributed by atoms with Gasteiger partial charge in [-0.3, -0.25) is 9.35 Å². The van der Waals surface area contributed by atoms with Gasteiger partial charge >= 0.3 is 10.4 Å². The lowest BCUT2D eigenvalue weighted by molar-refractivity contribution is -0.298. The third-order valence-electron chi connectivity index (χ3n) is 17.2. The second-order valence-electron chi connectivity index (χ2n) is 24.8. The SMILES string of the molecule is CCCCCCCCCCCCCCCCCCCCCCCCCCCCCCCCCCCC(=O)NC(COC1OC(CO)C(O)C(OS(=O)(=O)O)C1O)C(O)CCCCCCCCCCCCCCCCCCCCCC. The molecule has 0 radical (unpaired) electrons. The second-order valence-corrected chi connectivity index (χ2v) is 25.9. The van der Waals surface area contributed by atoms with E-state index >= 15 is 0 Å². The first-order chi connectivity index (χ1) is 39.0. The van der Waals surface area contributed by atoms with Crippen molar-refractivity contribution < 1.29 is 51.8 Å². The smallest absolute Gasteiger partial charge is 0.394 e. The van der Waals surface area contributed by atoms with Crippen LogP contribution in [-0.4, -0.2) is 95.4 Å². The Balaban J connectivity index is 2.19. The Morgan fingerprint density at radius 3 is 1.00 bits per heavy atom. The van der Waals surface area contributed by atoms with Crippen molar-refractivity contribution in [3.8, 4) is 0 Å². The number of aliphatic hydroxyl groups is 4. The van der Waals surface area contributed by atoms with Crippen molar-refractivity contribution in [2.45, 2.75) is 410 Å². The normalized spacial score (nSPS) is 18.5. The molecule has 80 heavy (non-hydrogen) atoms. The Labute approximate surface area is 494 Å². The summed E-state index contributed by atoms with van der Waals surface area (Å²) in [5.74, 6) is -0.219. The Morgan fingerprint density at radius 1 is 0.450 bits per heavy atom. The number of hydrogen-bond donors (Lipinski definition) is 6. The number of carbonyl (C=O) groups excluding carboxylic acids is 1. The minimum atomic E-state index is -5.08. The van der Waals surface area contributed by atoms with Crippen LogP contribution >= 0.6 is 0 Å². The molecule has 13 heteroatoms. The summed E-state index contributed by atoms with van der Waals surface area (Å²) in [5, 5.41) is 45.3. The Hall–Kier alpha value is -0.900. The van der Waals surface area contributed by atoms with E-state index < -0.39 is 59.9 Å². The van der Waals surface area contributed by atoms with Gasteiger partial charge in [0.25, 0.3) is 0 Å². The highest BCUT2D eigenvalue weighted by Gasteiger charge is 2.48. The van der Waals surface area contributed by atoms with Gasteiger partial charge in [0.2, 0.25) is 5.91 Å². The van der Waals surface area contributed by atoms with Crippen LogP contribution in [0.5, 0.6) is 0 Å². The number of amides is 1. The van der Waals surface area contributed by atoms with E-state index in [-0.39, 0.29) is 12.5 Å². The largest absolute Gasteiger partial charge is 0.397 e. The molecule has 1 aliphatic rings. The molecule has 1 aliphatic heterocycles. The fourth-order valence-corrected chi connectivity index (χ4v) is 12.3. The van der Waals surface area contributed by atoms with Gasteiger partial charge in [-0.05, 0) is 12.8 Å². The number of hydrogen-bond acceptors (Lipinski definition) is 10. The fourth-order valence-electron chi connectivity index (χ4n) is 11.8. The van der Waals surface area contributed by atoms with Gasteiger partial charge in [0.1, 0.15) is 24.4 Å². The van der Waals surface area contributed by atoms with Crippen molar-refractivity contribution in [1.29, 1.82) is 0 Å². The fraction of sp³-hybridized carbons (Fsp3) is 0.985. The first kappa shape index (κ1) is 77.1. The number of nitrogens with one attached hydrogen (secondary N) is 1. The molecule has 1 heterocycles. The lowest BCUT2D eigenvalue weighted by atomic mass is 9.99. The molecule has 1 amide bonds. The van der Waals surface area contributed by atoms with Crippen molar-refractivity contribution in [2.24, 2.45) is 0 Å². The summed E-state index contributed by atoms with van der Waals surface area (Å²) < 4.78 is 48.1. The van der Waals surface area contributed by atoms with Crippen molar-refractivity contribution in [2.75, 3.05) is 13.2 Å². The molecular weight excluding hydrogens is 1030 g/mol. The van der Waals surface area contributed by atoms with E-state index in [0.717, 1.165) is 51.4 Å². The van der Waals surface area contributed by atoms with Gasteiger partial charge in [0.05, 0.1) is 25.4 Å². The summed E-state index contributed by atoms with van der Waals surface area (Å²) in [7, 11) is -5.08. The van der Waals surface area contributed by atoms with Gasteiger partial charge in [-0.1, -0.05) is 348 Å². The summed E-state index contributed by atoms with van der Waals surface area (Å²) in [4.78, 5) is 13.2. The van der Waals surface area contributed by atoms with Crippen LogP contribution < -0.4 is 5.32 Å². The summed E-state index contributed by atoms with van der Waals surface area (Å²) >= 11 is 0. The summed E-state index contributed by atoms with van der Waals surface area (Å²) in [5.41, 5.74) is 0. The van der Waals surface area contributed by atoms with Crippen LogP contribution in [0.3, 0.4) is 0 Å². The zero-order valence-corrected chi connectivity index (χ0v) is 53.3. The standard InChI is InChI=1S/C67H133NO11S/c1-3-5-7-9-11-13-15-17-19-21-23-25-26-27-28-29-30-31-32-33-34-35-36-37-39-41-43-45-47-49-51-53-55-57-63(71)68-60(59-77-67-65(73)66(79-80(74,75)76)64(72)62(58-69)78-67)61(70)56-54-52-50-48-46-44-42-40-38-24-22-20-18-16-14-12-10-8-6-4-2/h60-62,64-67,69-70,72-73H,3-59H2,1-2H3,(H,68,71)(H,74,75,76). The molecule has 7 atom stereocenters. The van der Waals surface area contributed by atoms with E-state index in [1.165, 1.54) is 289 Å². The van der Waals surface area contributed by atoms with Gasteiger partial charge in [-0.25, -0.2) is 4.18 Å². The first-order valence-electron chi connectivity index (χ1n) is 34.9. The van der Waals surface area contributed by atoms with Crippen molar-refractivity contribution in [3.05, 3.63) is 0 Å². The molecule has 0 aromatic rings. The van der Waals surface area contributed by atoms with Crippen LogP contribution in [0.25, 0.3) is 0 Å². The monoisotopic (exact) mass is 1160 g/mol. The summed E-state index contributed by atoms with van der Waals surface area (Å²) in [6.45, 7) is 3.53. The van der Waals surface area contributed by atoms with Crippen LogP contribution in [0.15, 0.2) is 0 Å². The minimum absolute atomic E-state index is 0.219. The van der Waals surface area contributed by atoms with Gasteiger partial charge < -0.3 is 35.2 Å². The van der Waals surface area contributed by atoms with Gasteiger partial charge in [-0.2, -0.15) is 8.42 Å². The number of aliphatic hydroxyl groups excluding tert-OH is 4. The minimum Gasteiger partial charge on any atom is -0.394 e. The molecule has 1 saturated heterocycles. The van der Waals surface area contributed by atoms with Crippen LogP contribution in [0.2, 0.25) is 0 Å². The quantitative estimate of drug-likeness (QED) is 0.0251. The highest BCUT2D eigenvalue weighted by molar-refractivity contribution is 7.80. The zero-order valence-electron chi connectivity index (χ0n) is 52.4. The molecule has 0 saturated carbocycles. The molecular formula is C67H133NO11S. The topological polar surface area (TPSA) is 192 Å². The predicted molar refractivity (Wildman–Crippen MR) is 333 cm³/mol. The third kappa shape index (κ3) is 48.3. The predicted octanol–water partition coefficient (Wildman–Crippen LogP) is 18.0. The zero-order chi connectivity index (χ0) is 58.3. The van der Waals surface area contributed by atoms with Crippen LogP contribution in [-0.2, 0) is 28.9 Å². The van der Waals surface area contributed by atoms with Crippen LogP contribution in [0, 0.1) is 0 Å². The molecule has 1 rings (SSSR count). The highest BCUT2D eigenvalue weighted by atomic mass is 32.3. The molecule has 1 fully saturated rings. The maximum atomic E-state index is 13.2. The van der Waals surface area contributed by atoms with Gasteiger partial charge in [0.15, 0.2) is 6.29 Å². The maximum absolute atomic E-state index is 13.2. The molecule has 0 bridgehead atoms. The van der Waals surface area contributed by atoms with Crippen LogP contribution in [0.4, 0.5) is 0 Å². The van der Waals surface area contributed by atoms with Crippen molar-refractivity contribution in [1.82, 2.24) is 5.32 Å². The van der Waals surface area contributed by atoms with Crippen molar-refractivity contribution in [3.63, 3.8) is 0 Å². The average Bonchev–Trinajstić information content (AvgIpc) is 3.43. The third-order valence-corrected chi connectivity index (χ3v) is 17.6. The highest BCUT2D eigenvalue weighted by Crippen LogP contribution is 2.27. The number of rotatable bonds is 63. The second kappa shape index (κ2) is 57.2. The molecule has 478 valence electrons. The van der Waals surface area contributed by atoms with E-state index in [9.17, 15) is 38.2 Å². The van der Waals surface area contributed by atoms with Gasteiger partial charge in [0, 0.05) is 6.42 Å². The molecule has 6 N–H and O–H groups in total. The van der Waals surface area contributed by atoms with Crippen molar-refractivity contribution >= 4 is 16.3 Å². The Kier molecular flexibility index (Phi) is 55.1. The van der Waals surface area contributed by atoms with E-state index in [1.807, 2.05) is 0 Å². The lowest BCUT2D eigenvalue weighted by Gasteiger charge is -2.41. The Morgan fingerprint density at radius 2 is 0.725 bits per heavy atom. The number of ether oxygens (including phenoxy) is 2.